The maximum absolute atomic E-state index is 12.3. The first kappa shape index (κ1) is 13.1. The number of likely N-dealkylation sites (N-methyl/N-ethyl adjacent to an activating group) is 1. The number of benzene rings is 1. The van der Waals surface area contributed by atoms with Gasteiger partial charge in [0.25, 0.3) is 0 Å². The molecule has 0 saturated carbocycles. The van der Waals surface area contributed by atoms with E-state index in [0.29, 0.717) is 0 Å². The van der Waals surface area contributed by atoms with E-state index in [4.69, 9.17) is 5.11 Å². The number of nitrogens with zero attached hydrogens (tertiary/aromatic N) is 1. The molecule has 1 unspecified atom stereocenters. The fraction of sp³-hybridized carbons (Fsp3) is 0.500. The van der Waals surface area contributed by atoms with E-state index in [-0.39, 0.29) is 24.6 Å². The lowest BCUT2D eigenvalue weighted by Gasteiger charge is -2.31. The number of aliphatic hydroxyl groups excluding tert-OH is 1. The van der Waals surface area contributed by atoms with Crippen molar-refractivity contribution in [2.45, 2.75) is 32.0 Å². The third kappa shape index (κ3) is 2.54. The van der Waals surface area contributed by atoms with E-state index in [9.17, 15) is 4.79 Å². The molecular formula is C14H20N2O2. The minimum absolute atomic E-state index is 0.00839. The van der Waals surface area contributed by atoms with Gasteiger partial charge in [0.1, 0.15) is 0 Å². The topological polar surface area (TPSA) is 52.6 Å². The van der Waals surface area contributed by atoms with Gasteiger partial charge in [0, 0.05) is 13.6 Å². The van der Waals surface area contributed by atoms with Gasteiger partial charge in [-0.15, -0.1) is 0 Å². The van der Waals surface area contributed by atoms with Crippen molar-refractivity contribution < 1.29 is 9.90 Å². The molecule has 1 aromatic rings. The van der Waals surface area contributed by atoms with Gasteiger partial charge in [-0.2, -0.15) is 0 Å². The molecule has 4 nitrogen and oxygen atoms in total. The molecule has 1 aromatic carbocycles. The van der Waals surface area contributed by atoms with Crippen LogP contribution >= 0.6 is 0 Å². The maximum atomic E-state index is 12.3. The van der Waals surface area contributed by atoms with Gasteiger partial charge in [0.2, 0.25) is 5.91 Å². The summed E-state index contributed by atoms with van der Waals surface area (Å²) in [6.07, 6.45) is 0.720. The SMILES string of the molecule is CC(CO)N(C)C(=O)[C@@H]1Cc2ccccc2CN1. The van der Waals surface area contributed by atoms with Gasteiger partial charge < -0.3 is 15.3 Å². The summed E-state index contributed by atoms with van der Waals surface area (Å²) in [6, 6.07) is 7.86. The van der Waals surface area contributed by atoms with E-state index in [1.807, 2.05) is 19.1 Å². The van der Waals surface area contributed by atoms with Crippen molar-refractivity contribution in [3.8, 4) is 0 Å². The lowest BCUT2D eigenvalue weighted by molar-refractivity contribution is -0.134. The van der Waals surface area contributed by atoms with Crippen LogP contribution in [-0.4, -0.2) is 41.7 Å². The van der Waals surface area contributed by atoms with Gasteiger partial charge >= 0.3 is 0 Å². The molecule has 2 rings (SSSR count). The highest BCUT2D eigenvalue weighted by atomic mass is 16.3. The molecule has 1 heterocycles. The van der Waals surface area contributed by atoms with Gasteiger partial charge in [0.05, 0.1) is 18.7 Å². The van der Waals surface area contributed by atoms with Crippen molar-refractivity contribution in [2.75, 3.05) is 13.7 Å². The molecule has 1 aliphatic heterocycles. The number of fused-ring (bicyclic) bond motifs is 1. The second-order valence-corrected chi connectivity index (χ2v) is 4.89. The van der Waals surface area contributed by atoms with Crippen LogP contribution in [0.15, 0.2) is 24.3 Å². The van der Waals surface area contributed by atoms with Gasteiger partial charge in [-0.05, 0) is 24.5 Å². The Balaban J connectivity index is 2.07. The predicted octanol–water partition coefficient (Wildman–Crippen LogP) is 0.540. The lowest BCUT2D eigenvalue weighted by Crippen LogP contribution is -2.51. The van der Waals surface area contributed by atoms with Gasteiger partial charge in [-0.25, -0.2) is 0 Å². The Bertz CT molecular complexity index is 434. The zero-order valence-corrected chi connectivity index (χ0v) is 10.9. The van der Waals surface area contributed by atoms with Crippen LogP contribution in [0.5, 0.6) is 0 Å². The molecule has 98 valence electrons. The molecule has 4 heteroatoms. The molecule has 1 amide bonds. The van der Waals surface area contributed by atoms with Crippen LogP contribution in [0.3, 0.4) is 0 Å². The Morgan fingerprint density at radius 1 is 1.50 bits per heavy atom. The zero-order valence-electron chi connectivity index (χ0n) is 10.9. The first-order valence-electron chi connectivity index (χ1n) is 6.31. The van der Waals surface area contributed by atoms with Crippen LogP contribution in [0.25, 0.3) is 0 Å². The normalized spacial score (nSPS) is 20.1. The quantitative estimate of drug-likeness (QED) is 0.821. The summed E-state index contributed by atoms with van der Waals surface area (Å²) in [5, 5.41) is 12.4. The van der Waals surface area contributed by atoms with Crippen LogP contribution in [0.2, 0.25) is 0 Å². The Morgan fingerprint density at radius 2 is 2.17 bits per heavy atom. The molecule has 0 radical (unpaired) electrons. The molecule has 0 bridgehead atoms. The summed E-state index contributed by atoms with van der Waals surface area (Å²) in [5.74, 6) is 0.0473. The Kier molecular flexibility index (Phi) is 3.99. The molecular weight excluding hydrogens is 228 g/mol. The van der Waals surface area contributed by atoms with Crippen molar-refractivity contribution in [1.82, 2.24) is 10.2 Å². The monoisotopic (exact) mass is 248 g/mol. The van der Waals surface area contributed by atoms with E-state index in [1.54, 1.807) is 11.9 Å². The van der Waals surface area contributed by atoms with Crippen LogP contribution in [0.4, 0.5) is 0 Å². The number of nitrogens with one attached hydrogen (secondary N) is 1. The Hall–Kier alpha value is -1.39. The summed E-state index contributed by atoms with van der Waals surface area (Å²) in [5.41, 5.74) is 2.50. The van der Waals surface area contributed by atoms with Crippen molar-refractivity contribution in [2.24, 2.45) is 0 Å². The highest BCUT2D eigenvalue weighted by molar-refractivity contribution is 5.82. The number of hydrogen-bond donors (Lipinski definition) is 2. The standard InChI is InChI=1S/C14H20N2O2/c1-10(9-17)16(2)14(18)13-7-11-5-3-4-6-12(11)8-15-13/h3-6,10,13,15,17H,7-9H2,1-2H3/t10?,13-/m0/s1. The number of hydrogen-bond acceptors (Lipinski definition) is 3. The summed E-state index contributed by atoms with van der Waals surface area (Å²) >= 11 is 0. The smallest absolute Gasteiger partial charge is 0.240 e. The van der Waals surface area contributed by atoms with Crippen LogP contribution in [-0.2, 0) is 17.8 Å². The third-order valence-electron chi connectivity index (χ3n) is 3.65. The number of carbonyl (C=O) groups is 1. The molecule has 0 fully saturated rings. The largest absolute Gasteiger partial charge is 0.394 e. The van der Waals surface area contributed by atoms with E-state index in [2.05, 4.69) is 17.4 Å². The maximum Gasteiger partial charge on any atom is 0.240 e. The molecule has 18 heavy (non-hydrogen) atoms. The van der Waals surface area contributed by atoms with Crippen molar-refractivity contribution >= 4 is 5.91 Å². The lowest BCUT2D eigenvalue weighted by atomic mass is 9.95. The average molecular weight is 248 g/mol. The summed E-state index contributed by atoms with van der Waals surface area (Å²) < 4.78 is 0. The predicted molar refractivity (Wildman–Crippen MR) is 70.1 cm³/mol. The van der Waals surface area contributed by atoms with E-state index < -0.39 is 0 Å². The molecule has 2 atom stereocenters. The molecule has 1 aliphatic rings. The zero-order chi connectivity index (χ0) is 13.1. The summed E-state index contributed by atoms with van der Waals surface area (Å²) in [7, 11) is 1.74. The Labute approximate surface area is 108 Å². The van der Waals surface area contributed by atoms with Gasteiger partial charge in [-0.1, -0.05) is 24.3 Å². The molecule has 0 aromatic heterocycles. The van der Waals surface area contributed by atoms with Crippen molar-refractivity contribution in [3.05, 3.63) is 35.4 Å². The van der Waals surface area contributed by atoms with Gasteiger partial charge in [-0.3, -0.25) is 4.79 Å². The molecule has 2 N–H and O–H groups in total. The van der Waals surface area contributed by atoms with E-state index >= 15 is 0 Å². The summed E-state index contributed by atoms with van der Waals surface area (Å²) in [6.45, 7) is 2.56. The van der Waals surface area contributed by atoms with Crippen LogP contribution in [0.1, 0.15) is 18.1 Å². The first-order valence-corrected chi connectivity index (χ1v) is 6.31. The van der Waals surface area contributed by atoms with Crippen molar-refractivity contribution in [3.63, 3.8) is 0 Å². The minimum atomic E-state index is -0.182. The number of rotatable bonds is 3. The number of carbonyl (C=O) groups excluding carboxylic acids is 1. The highest BCUT2D eigenvalue weighted by Crippen LogP contribution is 2.17. The highest BCUT2D eigenvalue weighted by Gasteiger charge is 2.27. The number of aliphatic hydroxyl groups is 1. The molecule has 0 saturated heterocycles. The summed E-state index contributed by atoms with van der Waals surface area (Å²) in [4.78, 5) is 13.9. The van der Waals surface area contributed by atoms with Crippen LogP contribution in [0, 0.1) is 0 Å². The third-order valence-corrected chi connectivity index (χ3v) is 3.65. The fourth-order valence-corrected chi connectivity index (χ4v) is 2.21. The Morgan fingerprint density at radius 3 is 2.83 bits per heavy atom. The second kappa shape index (κ2) is 5.50. The van der Waals surface area contributed by atoms with Crippen molar-refractivity contribution in [1.29, 1.82) is 0 Å². The van der Waals surface area contributed by atoms with Crippen LogP contribution < -0.4 is 5.32 Å². The fourth-order valence-electron chi connectivity index (χ4n) is 2.21. The first-order chi connectivity index (χ1) is 8.63. The molecule has 0 spiro atoms. The average Bonchev–Trinajstić information content (AvgIpc) is 2.44. The second-order valence-electron chi connectivity index (χ2n) is 4.89. The number of amides is 1. The minimum Gasteiger partial charge on any atom is -0.394 e. The van der Waals surface area contributed by atoms with Gasteiger partial charge in [0.15, 0.2) is 0 Å². The van der Waals surface area contributed by atoms with E-state index in [0.717, 1.165) is 13.0 Å². The molecule has 0 aliphatic carbocycles. The van der Waals surface area contributed by atoms with E-state index in [1.165, 1.54) is 11.1 Å².